The number of amides is 1. The van der Waals surface area contributed by atoms with Crippen molar-refractivity contribution in [1.29, 1.82) is 0 Å². The lowest BCUT2D eigenvalue weighted by atomic mass is 10.0. The minimum absolute atomic E-state index is 0.153. The first-order valence-corrected chi connectivity index (χ1v) is 5.67. The van der Waals surface area contributed by atoms with Crippen molar-refractivity contribution in [3.05, 3.63) is 29.0 Å². The van der Waals surface area contributed by atoms with Gasteiger partial charge in [0.1, 0.15) is 11.3 Å². The Bertz CT molecular complexity index is 419. The Morgan fingerprint density at radius 1 is 1.71 bits per heavy atom. The molecule has 17 heavy (non-hydrogen) atoms. The monoisotopic (exact) mass is 256 g/mol. The molecule has 1 saturated heterocycles. The van der Waals surface area contributed by atoms with E-state index in [0.29, 0.717) is 18.1 Å². The average molecular weight is 257 g/mol. The molecule has 5 nitrogen and oxygen atoms in total. The highest BCUT2D eigenvalue weighted by Gasteiger charge is 2.32. The van der Waals surface area contributed by atoms with Gasteiger partial charge in [0.2, 0.25) is 0 Å². The first kappa shape index (κ1) is 12.3. The number of nitrogens with one attached hydrogen (secondary N) is 1. The Morgan fingerprint density at radius 3 is 3.18 bits per heavy atom. The van der Waals surface area contributed by atoms with Gasteiger partial charge in [-0.25, -0.2) is 0 Å². The number of halogens is 1. The van der Waals surface area contributed by atoms with Crippen molar-refractivity contribution < 1.29 is 14.6 Å². The third kappa shape index (κ3) is 3.15. The number of carbonyl (C=O) groups is 1. The maximum Gasteiger partial charge on any atom is 0.270 e. The fraction of sp³-hybridized carbons (Fsp3) is 0.455. The lowest BCUT2D eigenvalue weighted by Gasteiger charge is -2.20. The Morgan fingerprint density at radius 2 is 2.53 bits per heavy atom. The SMILES string of the molecule is O=C(NC[C@@]1(O)CCOC1)c1cc(Cl)ccn1. The third-order valence-electron chi connectivity index (χ3n) is 2.62. The van der Waals surface area contributed by atoms with Gasteiger partial charge in [-0.05, 0) is 12.1 Å². The van der Waals surface area contributed by atoms with Gasteiger partial charge in [-0.15, -0.1) is 0 Å². The average Bonchev–Trinajstić information content (AvgIpc) is 2.74. The summed E-state index contributed by atoms with van der Waals surface area (Å²) in [5, 5.41) is 13.0. The normalized spacial score (nSPS) is 23.6. The van der Waals surface area contributed by atoms with E-state index in [-0.39, 0.29) is 24.8 Å². The van der Waals surface area contributed by atoms with Crippen LogP contribution < -0.4 is 5.32 Å². The number of hydrogen-bond acceptors (Lipinski definition) is 4. The smallest absolute Gasteiger partial charge is 0.270 e. The van der Waals surface area contributed by atoms with Crippen LogP contribution in [-0.2, 0) is 4.74 Å². The number of ether oxygens (including phenoxy) is 1. The van der Waals surface area contributed by atoms with Gasteiger partial charge >= 0.3 is 0 Å². The van der Waals surface area contributed by atoms with Crippen molar-refractivity contribution in [1.82, 2.24) is 10.3 Å². The molecule has 1 aromatic heterocycles. The van der Waals surface area contributed by atoms with Crippen LogP contribution in [0, 0.1) is 0 Å². The van der Waals surface area contributed by atoms with Crippen molar-refractivity contribution in [2.24, 2.45) is 0 Å². The van der Waals surface area contributed by atoms with Crippen molar-refractivity contribution in [3.8, 4) is 0 Å². The van der Waals surface area contributed by atoms with Crippen LogP contribution in [-0.4, -0.2) is 41.4 Å². The van der Waals surface area contributed by atoms with Crippen molar-refractivity contribution >= 4 is 17.5 Å². The van der Waals surface area contributed by atoms with E-state index in [0.717, 1.165) is 0 Å². The molecule has 1 aliphatic rings. The molecule has 1 amide bonds. The van der Waals surface area contributed by atoms with E-state index in [9.17, 15) is 9.90 Å². The standard InChI is InChI=1S/C11H13ClN2O3/c12-8-1-3-13-9(5-8)10(15)14-6-11(16)2-4-17-7-11/h1,3,5,16H,2,4,6-7H2,(H,14,15)/t11-/m0/s1. The first-order valence-electron chi connectivity index (χ1n) is 5.29. The minimum atomic E-state index is -0.964. The second-order valence-electron chi connectivity index (χ2n) is 4.07. The Balaban J connectivity index is 1.93. The number of rotatable bonds is 3. The summed E-state index contributed by atoms with van der Waals surface area (Å²) in [6, 6.07) is 3.07. The van der Waals surface area contributed by atoms with Crippen LogP contribution in [0.4, 0.5) is 0 Å². The number of hydrogen-bond donors (Lipinski definition) is 2. The molecule has 1 aliphatic heterocycles. The van der Waals surface area contributed by atoms with Crippen LogP contribution in [0.15, 0.2) is 18.3 Å². The molecule has 2 heterocycles. The van der Waals surface area contributed by atoms with Gasteiger partial charge in [-0.1, -0.05) is 11.6 Å². The van der Waals surface area contributed by atoms with Gasteiger partial charge in [-0.2, -0.15) is 0 Å². The molecule has 0 aliphatic carbocycles. The summed E-state index contributed by atoms with van der Waals surface area (Å²) in [4.78, 5) is 15.6. The summed E-state index contributed by atoms with van der Waals surface area (Å²) < 4.78 is 5.08. The number of aromatic nitrogens is 1. The molecule has 0 spiro atoms. The van der Waals surface area contributed by atoms with Crippen LogP contribution in [0.1, 0.15) is 16.9 Å². The van der Waals surface area contributed by atoms with Gasteiger partial charge in [-0.3, -0.25) is 9.78 Å². The van der Waals surface area contributed by atoms with E-state index >= 15 is 0 Å². The van der Waals surface area contributed by atoms with Crippen LogP contribution in [0.3, 0.4) is 0 Å². The largest absolute Gasteiger partial charge is 0.386 e. The first-order chi connectivity index (χ1) is 8.09. The van der Waals surface area contributed by atoms with Gasteiger partial charge in [0.25, 0.3) is 5.91 Å². The zero-order valence-corrected chi connectivity index (χ0v) is 9.91. The van der Waals surface area contributed by atoms with Crippen molar-refractivity contribution in [3.63, 3.8) is 0 Å². The van der Waals surface area contributed by atoms with E-state index in [1.165, 1.54) is 12.3 Å². The van der Waals surface area contributed by atoms with E-state index in [1.807, 2.05) is 0 Å². The van der Waals surface area contributed by atoms with E-state index < -0.39 is 5.60 Å². The summed E-state index contributed by atoms with van der Waals surface area (Å²) in [6.07, 6.45) is 1.99. The Labute approximate surface area is 104 Å². The number of nitrogens with zero attached hydrogens (tertiary/aromatic N) is 1. The zero-order valence-electron chi connectivity index (χ0n) is 9.15. The maximum absolute atomic E-state index is 11.7. The fourth-order valence-electron chi connectivity index (χ4n) is 1.60. The molecule has 1 aromatic rings. The number of pyridine rings is 1. The second kappa shape index (κ2) is 5.00. The molecule has 6 heteroatoms. The van der Waals surface area contributed by atoms with E-state index in [4.69, 9.17) is 16.3 Å². The molecular weight excluding hydrogens is 244 g/mol. The van der Waals surface area contributed by atoms with Crippen molar-refractivity contribution in [2.45, 2.75) is 12.0 Å². The second-order valence-corrected chi connectivity index (χ2v) is 4.51. The van der Waals surface area contributed by atoms with Crippen LogP contribution in [0.2, 0.25) is 5.02 Å². The summed E-state index contributed by atoms with van der Waals surface area (Å²) in [6.45, 7) is 0.915. The van der Waals surface area contributed by atoms with Gasteiger partial charge in [0, 0.05) is 30.8 Å². The zero-order chi connectivity index (χ0) is 12.3. The Kier molecular flexibility index (Phi) is 3.61. The molecule has 0 unspecified atom stereocenters. The summed E-state index contributed by atoms with van der Waals surface area (Å²) in [5.74, 6) is -0.354. The third-order valence-corrected chi connectivity index (χ3v) is 2.85. The summed E-state index contributed by atoms with van der Waals surface area (Å²) >= 11 is 5.75. The van der Waals surface area contributed by atoms with Crippen LogP contribution in [0.5, 0.6) is 0 Å². The Hall–Kier alpha value is -1.17. The molecule has 92 valence electrons. The lowest BCUT2D eigenvalue weighted by molar-refractivity contribution is 0.0264. The maximum atomic E-state index is 11.7. The lowest BCUT2D eigenvalue weighted by Crippen LogP contribution is -2.43. The van der Waals surface area contributed by atoms with Crippen LogP contribution in [0.25, 0.3) is 0 Å². The molecule has 1 atom stereocenters. The number of aliphatic hydroxyl groups is 1. The highest BCUT2D eigenvalue weighted by molar-refractivity contribution is 6.30. The summed E-state index contributed by atoms with van der Waals surface area (Å²) in [5.41, 5.74) is -0.728. The molecular formula is C11H13ClN2O3. The number of carbonyl (C=O) groups excluding carboxylic acids is 1. The topological polar surface area (TPSA) is 71.5 Å². The predicted octanol–water partition coefficient (Wildman–Crippen LogP) is 0.616. The van der Waals surface area contributed by atoms with Gasteiger partial charge < -0.3 is 15.2 Å². The van der Waals surface area contributed by atoms with E-state index in [2.05, 4.69) is 10.3 Å². The minimum Gasteiger partial charge on any atom is -0.386 e. The van der Waals surface area contributed by atoms with Gasteiger partial charge in [0.05, 0.1) is 6.61 Å². The highest BCUT2D eigenvalue weighted by atomic mass is 35.5. The molecule has 1 fully saturated rings. The molecule has 2 rings (SSSR count). The predicted molar refractivity (Wildman–Crippen MR) is 62.0 cm³/mol. The molecule has 0 radical (unpaired) electrons. The van der Waals surface area contributed by atoms with Crippen molar-refractivity contribution in [2.75, 3.05) is 19.8 Å². The molecule has 0 saturated carbocycles. The molecule has 0 bridgehead atoms. The van der Waals surface area contributed by atoms with E-state index in [1.54, 1.807) is 6.07 Å². The quantitative estimate of drug-likeness (QED) is 0.832. The molecule has 0 aromatic carbocycles. The molecule has 2 N–H and O–H groups in total. The summed E-state index contributed by atoms with van der Waals surface area (Å²) in [7, 11) is 0. The van der Waals surface area contributed by atoms with Gasteiger partial charge in [0.15, 0.2) is 0 Å². The highest BCUT2D eigenvalue weighted by Crippen LogP contribution is 2.17. The van der Waals surface area contributed by atoms with Crippen LogP contribution >= 0.6 is 11.6 Å². The fourth-order valence-corrected chi connectivity index (χ4v) is 1.76.